The van der Waals surface area contributed by atoms with Crippen molar-refractivity contribution in [2.75, 3.05) is 38.2 Å². The molecule has 2 rings (SSSR count). The smallest absolute Gasteiger partial charge is 0.0702 e. The number of hydrogen-bond acceptors (Lipinski definition) is 4. The van der Waals surface area contributed by atoms with Crippen LogP contribution < -0.4 is 5.73 Å². The van der Waals surface area contributed by atoms with E-state index in [0.717, 1.165) is 19.7 Å². The zero-order chi connectivity index (χ0) is 11.4. The molecule has 2 aliphatic rings. The Hall–Kier alpha value is 0.230. The summed E-state index contributed by atoms with van der Waals surface area (Å²) in [5.74, 6) is 2.44. The lowest BCUT2D eigenvalue weighted by atomic mass is 9.96. The summed E-state index contributed by atoms with van der Waals surface area (Å²) in [5, 5.41) is 0. The number of nitrogens with zero attached hydrogens (tertiary/aromatic N) is 1. The van der Waals surface area contributed by atoms with E-state index in [-0.39, 0.29) is 5.54 Å². The SMILES string of the molecule is CN(CC1CCCCO1)C1(CN)CCSC1. The molecule has 16 heavy (non-hydrogen) atoms. The largest absolute Gasteiger partial charge is 0.377 e. The Balaban J connectivity index is 1.87. The molecule has 0 aliphatic carbocycles. The Morgan fingerprint density at radius 1 is 1.50 bits per heavy atom. The summed E-state index contributed by atoms with van der Waals surface area (Å²) >= 11 is 2.03. The van der Waals surface area contributed by atoms with Gasteiger partial charge in [-0.05, 0) is 38.5 Å². The van der Waals surface area contributed by atoms with Crippen molar-refractivity contribution in [3.05, 3.63) is 0 Å². The summed E-state index contributed by atoms with van der Waals surface area (Å²) in [5.41, 5.74) is 6.22. The van der Waals surface area contributed by atoms with Gasteiger partial charge in [0.05, 0.1) is 6.10 Å². The highest BCUT2D eigenvalue weighted by molar-refractivity contribution is 7.99. The molecule has 0 spiro atoms. The van der Waals surface area contributed by atoms with Gasteiger partial charge in [-0.25, -0.2) is 0 Å². The van der Waals surface area contributed by atoms with Gasteiger partial charge in [-0.1, -0.05) is 0 Å². The zero-order valence-electron chi connectivity index (χ0n) is 10.3. The molecule has 2 aliphatic heterocycles. The Kier molecular flexibility index (Phi) is 4.53. The molecule has 0 aromatic rings. The highest BCUT2D eigenvalue weighted by atomic mass is 32.2. The van der Waals surface area contributed by atoms with Gasteiger partial charge in [0.15, 0.2) is 0 Å². The highest BCUT2D eigenvalue weighted by Crippen LogP contribution is 2.32. The fraction of sp³-hybridized carbons (Fsp3) is 1.00. The molecule has 3 nitrogen and oxygen atoms in total. The van der Waals surface area contributed by atoms with Crippen molar-refractivity contribution in [3.8, 4) is 0 Å². The first-order valence-corrected chi connectivity index (χ1v) is 7.53. The van der Waals surface area contributed by atoms with Crippen LogP contribution >= 0.6 is 11.8 Å². The van der Waals surface area contributed by atoms with Gasteiger partial charge in [0.1, 0.15) is 0 Å². The van der Waals surface area contributed by atoms with E-state index in [1.807, 2.05) is 11.8 Å². The van der Waals surface area contributed by atoms with E-state index in [2.05, 4.69) is 11.9 Å². The average molecular weight is 244 g/mol. The number of likely N-dealkylation sites (N-methyl/N-ethyl adjacent to an activating group) is 1. The first-order chi connectivity index (χ1) is 7.77. The first-order valence-electron chi connectivity index (χ1n) is 6.37. The van der Waals surface area contributed by atoms with Crippen molar-refractivity contribution in [1.29, 1.82) is 0 Å². The molecule has 2 heterocycles. The highest BCUT2D eigenvalue weighted by Gasteiger charge is 2.37. The zero-order valence-corrected chi connectivity index (χ0v) is 11.1. The normalized spacial score (nSPS) is 35.8. The van der Waals surface area contributed by atoms with Crippen LogP contribution in [0.3, 0.4) is 0 Å². The van der Waals surface area contributed by atoms with Crippen LogP contribution in [0, 0.1) is 0 Å². The minimum Gasteiger partial charge on any atom is -0.377 e. The molecule has 0 aromatic carbocycles. The second-order valence-corrected chi connectivity index (χ2v) is 6.21. The van der Waals surface area contributed by atoms with Gasteiger partial charge >= 0.3 is 0 Å². The third-order valence-electron chi connectivity index (χ3n) is 4.02. The second kappa shape index (κ2) is 5.71. The third-order valence-corrected chi connectivity index (χ3v) is 5.26. The van der Waals surface area contributed by atoms with E-state index in [9.17, 15) is 0 Å². The quantitative estimate of drug-likeness (QED) is 0.809. The maximum absolute atomic E-state index is 5.98. The standard InChI is InChI=1S/C12H24N2OS/c1-14(8-11-4-2-3-6-15-11)12(9-13)5-7-16-10-12/h11H,2-10,13H2,1H3. The van der Waals surface area contributed by atoms with Crippen LogP contribution in [0.1, 0.15) is 25.7 Å². The molecule has 2 unspecified atom stereocenters. The molecule has 94 valence electrons. The molecular formula is C12H24N2OS. The Labute approximate surface area is 103 Å². The molecule has 0 amide bonds. The van der Waals surface area contributed by atoms with Crippen LogP contribution in [0.2, 0.25) is 0 Å². The summed E-state index contributed by atoms with van der Waals surface area (Å²) in [6.45, 7) is 2.78. The fourth-order valence-electron chi connectivity index (χ4n) is 2.66. The average Bonchev–Trinajstić information content (AvgIpc) is 2.80. The third kappa shape index (κ3) is 2.73. The van der Waals surface area contributed by atoms with Gasteiger partial charge in [-0.15, -0.1) is 0 Å². The Morgan fingerprint density at radius 2 is 2.38 bits per heavy atom. The number of ether oxygens (including phenoxy) is 1. The Morgan fingerprint density at radius 3 is 2.94 bits per heavy atom. The van der Waals surface area contributed by atoms with Gasteiger partial charge in [0.25, 0.3) is 0 Å². The molecule has 2 N–H and O–H groups in total. The summed E-state index contributed by atoms with van der Waals surface area (Å²) in [4.78, 5) is 2.46. The van der Waals surface area contributed by atoms with Crippen LogP contribution in [0.5, 0.6) is 0 Å². The van der Waals surface area contributed by atoms with Gasteiger partial charge in [-0.3, -0.25) is 4.90 Å². The predicted octanol–water partition coefficient (Wildman–Crippen LogP) is 1.32. The topological polar surface area (TPSA) is 38.5 Å². The van der Waals surface area contributed by atoms with Crippen LogP contribution in [-0.4, -0.2) is 54.8 Å². The predicted molar refractivity (Wildman–Crippen MR) is 69.9 cm³/mol. The molecule has 2 saturated heterocycles. The lowest BCUT2D eigenvalue weighted by Gasteiger charge is -2.39. The van der Waals surface area contributed by atoms with Gasteiger partial charge in [0, 0.05) is 31.0 Å². The maximum Gasteiger partial charge on any atom is 0.0702 e. The molecule has 0 bridgehead atoms. The summed E-state index contributed by atoms with van der Waals surface area (Å²) in [6, 6.07) is 0. The maximum atomic E-state index is 5.98. The minimum atomic E-state index is 0.242. The van der Waals surface area contributed by atoms with Crippen LogP contribution in [0.15, 0.2) is 0 Å². The lowest BCUT2D eigenvalue weighted by molar-refractivity contribution is -0.0185. The number of thioether (sulfide) groups is 1. The minimum absolute atomic E-state index is 0.242. The van der Waals surface area contributed by atoms with E-state index >= 15 is 0 Å². The first kappa shape index (κ1) is 12.7. The molecular weight excluding hydrogens is 220 g/mol. The van der Waals surface area contributed by atoms with Crippen molar-refractivity contribution in [2.24, 2.45) is 5.73 Å². The summed E-state index contributed by atoms with van der Waals surface area (Å²) < 4.78 is 5.81. The lowest BCUT2D eigenvalue weighted by Crippen LogP contribution is -2.54. The van der Waals surface area contributed by atoms with Crippen molar-refractivity contribution in [2.45, 2.75) is 37.3 Å². The van der Waals surface area contributed by atoms with Gasteiger partial charge in [0.2, 0.25) is 0 Å². The fourth-order valence-corrected chi connectivity index (χ4v) is 4.20. The van der Waals surface area contributed by atoms with Crippen LogP contribution in [-0.2, 0) is 4.74 Å². The number of nitrogens with two attached hydrogens (primary N) is 1. The molecule has 0 aromatic heterocycles. The Bertz CT molecular complexity index is 213. The van der Waals surface area contributed by atoms with Gasteiger partial charge in [-0.2, -0.15) is 11.8 Å². The number of hydrogen-bond donors (Lipinski definition) is 1. The molecule has 0 saturated carbocycles. The summed E-state index contributed by atoms with van der Waals surface area (Å²) in [7, 11) is 2.22. The number of rotatable bonds is 4. The van der Waals surface area contributed by atoms with E-state index in [0.29, 0.717) is 6.10 Å². The van der Waals surface area contributed by atoms with Crippen molar-refractivity contribution in [1.82, 2.24) is 4.90 Å². The van der Waals surface area contributed by atoms with E-state index in [4.69, 9.17) is 10.5 Å². The van der Waals surface area contributed by atoms with Crippen molar-refractivity contribution in [3.63, 3.8) is 0 Å². The molecule has 0 radical (unpaired) electrons. The second-order valence-electron chi connectivity index (χ2n) is 5.10. The summed E-state index contributed by atoms with van der Waals surface area (Å²) in [6.07, 6.45) is 5.45. The molecule has 4 heteroatoms. The van der Waals surface area contributed by atoms with E-state index in [1.54, 1.807) is 0 Å². The van der Waals surface area contributed by atoms with Crippen LogP contribution in [0.25, 0.3) is 0 Å². The molecule has 2 atom stereocenters. The van der Waals surface area contributed by atoms with E-state index < -0.39 is 0 Å². The van der Waals surface area contributed by atoms with Crippen LogP contribution in [0.4, 0.5) is 0 Å². The monoisotopic (exact) mass is 244 g/mol. The van der Waals surface area contributed by atoms with Crippen molar-refractivity contribution >= 4 is 11.8 Å². The van der Waals surface area contributed by atoms with Gasteiger partial charge < -0.3 is 10.5 Å². The van der Waals surface area contributed by atoms with E-state index in [1.165, 1.54) is 37.2 Å². The van der Waals surface area contributed by atoms with Crippen molar-refractivity contribution < 1.29 is 4.74 Å². The molecule has 2 fully saturated rings.